The van der Waals surface area contributed by atoms with E-state index < -0.39 is 5.97 Å². The second kappa shape index (κ2) is 9.28. The van der Waals surface area contributed by atoms with Gasteiger partial charge in [-0.05, 0) is 39.7 Å². The van der Waals surface area contributed by atoms with Crippen molar-refractivity contribution in [1.82, 2.24) is 9.88 Å². The van der Waals surface area contributed by atoms with E-state index in [1.165, 1.54) is 0 Å². The van der Waals surface area contributed by atoms with Crippen molar-refractivity contribution in [3.63, 3.8) is 0 Å². The molecule has 5 nitrogen and oxygen atoms in total. The van der Waals surface area contributed by atoms with Crippen LogP contribution in [0.2, 0.25) is 0 Å². The van der Waals surface area contributed by atoms with Crippen molar-refractivity contribution in [3.8, 4) is 0 Å². The molecule has 1 heterocycles. The number of nitrogens with zero attached hydrogens (tertiary/aromatic N) is 1. The van der Waals surface area contributed by atoms with Crippen molar-refractivity contribution < 1.29 is 14.7 Å². The van der Waals surface area contributed by atoms with Gasteiger partial charge in [0.2, 0.25) is 0 Å². The second-order valence-electron chi connectivity index (χ2n) is 5.70. The molecule has 0 unspecified atom stereocenters. The van der Waals surface area contributed by atoms with Crippen LogP contribution in [0.1, 0.15) is 67.2 Å². The third kappa shape index (κ3) is 5.54. The maximum absolute atomic E-state index is 12.2. The normalized spacial score (nSPS) is 10.7. The van der Waals surface area contributed by atoms with Gasteiger partial charge in [-0.3, -0.25) is 9.59 Å². The molecule has 0 atom stereocenters. The summed E-state index contributed by atoms with van der Waals surface area (Å²) < 4.78 is 2.14. The Morgan fingerprint density at radius 3 is 2.36 bits per heavy atom. The fraction of sp³-hybridized carbons (Fsp3) is 0.647. The molecule has 5 heteroatoms. The van der Waals surface area contributed by atoms with E-state index in [0.717, 1.165) is 55.6 Å². The molecule has 1 aromatic rings. The van der Waals surface area contributed by atoms with Crippen LogP contribution in [0, 0.1) is 13.8 Å². The van der Waals surface area contributed by atoms with Gasteiger partial charge in [-0.15, -0.1) is 0 Å². The fourth-order valence-corrected chi connectivity index (χ4v) is 2.75. The third-order valence-corrected chi connectivity index (χ3v) is 3.99. The Balaban J connectivity index is 2.23. The first-order chi connectivity index (χ1) is 10.5. The first-order valence-corrected chi connectivity index (χ1v) is 8.14. The van der Waals surface area contributed by atoms with Crippen LogP contribution in [-0.4, -0.2) is 28.1 Å². The van der Waals surface area contributed by atoms with Crippen LogP contribution < -0.4 is 5.32 Å². The minimum atomic E-state index is -0.725. The van der Waals surface area contributed by atoms with Crippen LogP contribution in [0.25, 0.3) is 0 Å². The largest absolute Gasteiger partial charge is 0.481 e. The number of carbonyl (C=O) groups excluding carboxylic acids is 1. The van der Waals surface area contributed by atoms with Crippen molar-refractivity contribution in [3.05, 3.63) is 23.0 Å². The van der Waals surface area contributed by atoms with Crippen LogP contribution in [0.5, 0.6) is 0 Å². The summed E-state index contributed by atoms with van der Waals surface area (Å²) in [4.78, 5) is 22.5. The second-order valence-corrected chi connectivity index (χ2v) is 5.70. The molecule has 124 valence electrons. The Hall–Kier alpha value is -1.78. The molecule has 0 aliphatic carbocycles. The molecule has 1 amide bonds. The van der Waals surface area contributed by atoms with Crippen LogP contribution >= 0.6 is 0 Å². The van der Waals surface area contributed by atoms with Gasteiger partial charge in [-0.1, -0.05) is 19.3 Å². The molecule has 2 N–H and O–H groups in total. The van der Waals surface area contributed by atoms with E-state index in [4.69, 9.17) is 5.11 Å². The van der Waals surface area contributed by atoms with Gasteiger partial charge in [0.1, 0.15) is 0 Å². The Bertz CT molecular complexity index is 506. The average Bonchev–Trinajstić information content (AvgIpc) is 2.75. The molecular weight excluding hydrogens is 280 g/mol. The Labute approximate surface area is 132 Å². The summed E-state index contributed by atoms with van der Waals surface area (Å²) in [6, 6.07) is 1.94. The highest BCUT2D eigenvalue weighted by Gasteiger charge is 2.14. The number of aliphatic carboxylic acids is 1. The number of aryl methyl sites for hydroxylation is 1. The standard InChI is InChI=1S/C17H28N2O3/c1-4-19-13(2)12-15(14(19)3)17(22)18-11-9-7-5-6-8-10-16(20)21/h12H,4-11H2,1-3H3,(H,18,22)(H,20,21). The van der Waals surface area contributed by atoms with Gasteiger partial charge in [0.25, 0.3) is 5.91 Å². The SMILES string of the molecule is CCn1c(C)cc(C(=O)NCCCCCCCC(=O)O)c1C. The zero-order valence-electron chi connectivity index (χ0n) is 13.9. The number of aromatic nitrogens is 1. The summed E-state index contributed by atoms with van der Waals surface area (Å²) in [6.07, 6.45) is 4.92. The molecule has 0 saturated carbocycles. The number of amides is 1. The maximum Gasteiger partial charge on any atom is 0.303 e. The number of carboxylic acid groups (broad SMARTS) is 1. The highest BCUT2D eigenvalue weighted by molar-refractivity contribution is 5.95. The number of nitrogens with one attached hydrogen (secondary N) is 1. The summed E-state index contributed by atoms with van der Waals surface area (Å²) in [6.45, 7) is 7.62. The first kappa shape index (κ1) is 18.3. The molecule has 1 aromatic heterocycles. The molecule has 0 aliphatic heterocycles. The Kier molecular flexibility index (Phi) is 7.71. The number of hydrogen-bond donors (Lipinski definition) is 2. The number of hydrogen-bond acceptors (Lipinski definition) is 2. The van der Waals surface area contributed by atoms with Gasteiger partial charge in [0.15, 0.2) is 0 Å². The van der Waals surface area contributed by atoms with Gasteiger partial charge in [-0.25, -0.2) is 0 Å². The minimum Gasteiger partial charge on any atom is -0.481 e. The van der Waals surface area contributed by atoms with Gasteiger partial charge >= 0.3 is 5.97 Å². The van der Waals surface area contributed by atoms with Crippen molar-refractivity contribution in [2.24, 2.45) is 0 Å². The van der Waals surface area contributed by atoms with Gasteiger partial charge in [0, 0.05) is 30.9 Å². The number of carbonyl (C=O) groups is 2. The summed E-state index contributed by atoms with van der Waals surface area (Å²) >= 11 is 0. The molecule has 0 radical (unpaired) electrons. The molecule has 0 saturated heterocycles. The topological polar surface area (TPSA) is 71.3 Å². The highest BCUT2D eigenvalue weighted by Crippen LogP contribution is 2.14. The van der Waals surface area contributed by atoms with Crippen LogP contribution in [0.3, 0.4) is 0 Å². The number of carboxylic acids is 1. The zero-order valence-corrected chi connectivity index (χ0v) is 13.9. The fourth-order valence-electron chi connectivity index (χ4n) is 2.75. The molecule has 22 heavy (non-hydrogen) atoms. The van der Waals surface area contributed by atoms with Crippen molar-refractivity contribution in [2.45, 2.75) is 65.8 Å². The summed E-state index contributed by atoms with van der Waals surface area (Å²) in [5.41, 5.74) is 2.90. The lowest BCUT2D eigenvalue weighted by Crippen LogP contribution is -2.24. The van der Waals surface area contributed by atoms with Gasteiger partial charge in [0.05, 0.1) is 5.56 Å². The quantitative estimate of drug-likeness (QED) is 0.652. The minimum absolute atomic E-state index is 0.00122. The van der Waals surface area contributed by atoms with Gasteiger partial charge < -0.3 is 15.0 Å². The van der Waals surface area contributed by atoms with Crippen LogP contribution in [-0.2, 0) is 11.3 Å². The van der Waals surface area contributed by atoms with Crippen LogP contribution in [0.15, 0.2) is 6.07 Å². The molecular formula is C17H28N2O3. The van der Waals surface area contributed by atoms with E-state index >= 15 is 0 Å². The summed E-state index contributed by atoms with van der Waals surface area (Å²) in [7, 11) is 0. The van der Waals surface area contributed by atoms with Crippen molar-refractivity contribution in [1.29, 1.82) is 0 Å². The summed E-state index contributed by atoms with van der Waals surface area (Å²) in [5, 5.41) is 11.5. The molecule has 0 bridgehead atoms. The van der Waals surface area contributed by atoms with Crippen molar-refractivity contribution in [2.75, 3.05) is 6.54 Å². The summed E-state index contributed by atoms with van der Waals surface area (Å²) in [5.74, 6) is -0.726. The van der Waals surface area contributed by atoms with E-state index in [1.54, 1.807) is 0 Å². The van der Waals surface area contributed by atoms with E-state index in [9.17, 15) is 9.59 Å². The highest BCUT2D eigenvalue weighted by atomic mass is 16.4. The molecule has 0 aliphatic rings. The van der Waals surface area contributed by atoms with Gasteiger partial charge in [-0.2, -0.15) is 0 Å². The predicted octanol–water partition coefficient (Wildman–Crippen LogP) is 3.28. The number of unbranched alkanes of at least 4 members (excludes halogenated alkanes) is 4. The number of rotatable bonds is 10. The predicted molar refractivity (Wildman–Crippen MR) is 87.3 cm³/mol. The first-order valence-electron chi connectivity index (χ1n) is 8.14. The Morgan fingerprint density at radius 2 is 1.77 bits per heavy atom. The Morgan fingerprint density at radius 1 is 1.14 bits per heavy atom. The smallest absolute Gasteiger partial charge is 0.303 e. The van der Waals surface area contributed by atoms with Crippen LogP contribution in [0.4, 0.5) is 0 Å². The molecule has 0 aromatic carbocycles. The average molecular weight is 308 g/mol. The molecule has 1 rings (SSSR count). The lowest BCUT2D eigenvalue weighted by Gasteiger charge is -2.07. The molecule has 0 fully saturated rings. The maximum atomic E-state index is 12.2. The van der Waals surface area contributed by atoms with E-state index in [0.29, 0.717) is 6.54 Å². The lowest BCUT2D eigenvalue weighted by atomic mass is 10.1. The van der Waals surface area contributed by atoms with E-state index in [2.05, 4.69) is 16.8 Å². The lowest BCUT2D eigenvalue weighted by molar-refractivity contribution is -0.137. The monoisotopic (exact) mass is 308 g/mol. The zero-order chi connectivity index (χ0) is 16.5. The van der Waals surface area contributed by atoms with E-state index in [-0.39, 0.29) is 12.3 Å². The van der Waals surface area contributed by atoms with E-state index in [1.807, 2.05) is 19.9 Å². The third-order valence-electron chi connectivity index (χ3n) is 3.99. The van der Waals surface area contributed by atoms with Crippen molar-refractivity contribution >= 4 is 11.9 Å². The molecule has 0 spiro atoms.